The number of hydrogen-bond donors (Lipinski definition) is 2. The third kappa shape index (κ3) is 4.64. The predicted molar refractivity (Wildman–Crippen MR) is 74.2 cm³/mol. The highest BCUT2D eigenvalue weighted by molar-refractivity contribution is 6.42. The fourth-order valence-corrected chi connectivity index (χ4v) is 2.06. The topological polar surface area (TPSA) is 49.3 Å². The molecule has 2 N–H and O–H groups in total. The summed E-state index contributed by atoms with van der Waals surface area (Å²) in [5.74, 6) is -1.49. The van der Waals surface area contributed by atoms with Crippen molar-refractivity contribution < 1.29 is 14.3 Å². The molecular formula is C13H16Cl2FNO2. The van der Waals surface area contributed by atoms with Gasteiger partial charge < -0.3 is 10.4 Å². The lowest BCUT2D eigenvalue weighted by atomic mass is 10.1. The lowest BCUT2D eigenvalue weighted by Crippen LogP contribution is -2.36. The first-order valence-corrected chi connectivity index (χ1v) is 6.81. The maximum atomic E-state index is 13.1. The maximum Gasteiger partial charge on any atom is 0.320 e. The van der Waals surface area contributed by atoms with Gasteiger partial charge in [-0.15, -0.1) is 0 Å². The molecule has 106 valence electrons. The number of hydrogen-bond acceptors (Lipinski definition) is 2. The number of nitrogens with one attached hydrogen (secondary N) is 1. The molecule has 1 rings (SSSR count). The molecule has 3 nitrogen and oxygen atoms in total. The fraction of sp³-hybridized carbons (Fsp3) is 0.462. The van der Waals surface area contributed by atoms with E-state index in [1.54, 1.807) is 0 Å². The molecule has 0 bridgehead atoms. The van der Waals surface area contributed by atoms with Crippen LogP contribution in [0, 0.1) is 5.82 Å². The van der Waals surface area contributed by atoms with Crippen molar-refractivity contribution in [2.24, 2.45) is 0 Å². The van der Waals surface area contributed by atoms with E-state index in [1.807, 2.05) is 6.92 Å². The summed E-state index contributed by atoms with van der Waals surface area (Å²) in [6.07, 6.45) is 2.29. The van der Waals surface area contributed by atoms with Crippen LogP contribution >= 0.6 is 23.2 Å². The van der Waals surface area contributed by atoms with Crippen molar-refractivity contribution in [3.63, 3.8) is 0 Å². The van der Waals surface area contributed by atoms with Gasteiger partial charge in [-0.2, -0.15) is 0 Å². The third-order valence-corrected chi connectivity index (χ3v) is 3.70. The first-order chi connectivity index (χ1) is 8.97. The second-order valence-electron chi connectivity index (χ2n) is 4.25. The molecule has 0 aliphatic rings. The van der Waals surface area contributed by atoms with E-state index >= 15 is 0 Å². The molecule has 0 aliphatic carbocycles. The molecule has 0 radical (unpaired) electrons. The molecule has 6 heteroatoms. The molecule has 0 aliphatic heterocycles. The summed E-state index contributed by atoms with van der Waals surface area (Å²) >= 11 is 11.6. The van der Waals surface area contributed by atoms with Gasteiger partial charge in [-0.3, -0.25) is 4.79 Å². The first kappa shape index (κ1) is 16.2. The maximum absolute atomic E-state index is 13.1. The van der Waals surface area contributed by atoms with Gasteiger partial charge in [-0.1, -0.05) is 49.0 Å². The standard InChI is InChI=1S/C13H16Cl2FNO2/c1-2-3-4-10(13(18)19)17-7-8-5-6-9(16)12(15)11(8)14/h5-6,10,17H,2-4,7H2,1H3,(H,18,19)/t10-/m0/s1. The number of halogens is 3. The molecule has 0 fully saturated rings. The van der Waals surface area contributed by atoms with Crippen molar-refractivity contribution in [1.82, 2.24) is 5.32 Å². The average Bonchev–Trinajstić information content (AvgIpc) is 2.38. The van der Waals surface area contributed by atoms with Crippen molar-refractivity contribution >= 4 is 29.2 Å². The highest BCUT2D eigenvalue weighted by Gasteiger charge is 2.17. The molecular weight excluding hydrogens is 292 g/mol. The van der Waals surface area contributed by atoms with Gasteiger partial charge in [0, 0.05) is 6.54 Å². The van der Waals surface area contributed by atoms with Crippen LogP contribution in [0.25, 0.3) is 0 Å². The van der Waals surface area contributed by atoms with Crippen molar-refractivity contribution in [3.05, 3.63) is 33.6 Å². The number of carbonyl (C=O) groups is 1. The molecule has 0 aromatic heterocycles. The number of rotatable bonds is 7. The Hall–Kier alpha value is -0.840. The Morgan fingerprint density at radius 2 is 2.11 bits per heavy atom. The molecule has 1 aromatic carbocycles. The number of aliphatic carboxylic acids is 1. The monoisotopic (exact) mass is 307 g/mol. The van der Waals surface area contributed by atoms with Gasteiger partial charge in [0.25, 0.3) is 0 Å². The van der Waals surface area contributed by atoms with E-state index in [4.69, 9.17) is 28.3 Å². The number of carboxylic acid groups (broad SMARTS) is 1. The fourth-order valence-electron chi connectivity index (χ4n) is 1.66. The van der Waals surface area contributed by atoms with Gasteiger partial charge in [0.15, 0.2) is 0 Å². The van der Waals surface area contributed by atoms with Crippen LogP contribution in [0.15, 0.2) is 12.1 Å². The summed E-state index contributed by atoms with van der Waals surface area (Å²) in [6.45, 7) is 2.23. The largest absolute Gasteiger partial charge is 0.480 e. The van der Waals surface area contributed by atoms with E-state index in [2.05, 4.69) is 5.32 Å². The van der Waals surface area contributed by atoms with Gasteiger partial charge in [0.1, 0.15) is 11.9 Å². The van der Waals surface area contributed by atoms with Crippen LogP contribution in [0.4, 0.5) is 4.39 Å². The Morgan fingerprint density at radius 1 is 1.42 bits per heavy atom. The predicted octanol–water partition coefficient (Wildman–Crippen LogP) is 3.87. The SMILES string of the molecule is CCCC[C@H](NCc1ccc(F)c(Cl)c1Cl)C(=O)O. The van der Waals surface area contributed by atoms with Crippen LogP contribution in [0.2, 0.25) is 10.0 Å². The second-order valence-corrected chi connectivity index (χ2v) is 5.00. The van der Waals surface area contributed by atoms with E-state index in [0.29, 0.717) is 12.0 Å². The van der Waals surface area contributed by atoms with E-state index in [1.165, 1.54) is 12.1 Å². The lowest BCUT2D eigenvalue weighted by Gasteiger charge is -2.15. The molecule has 0 saturated carbocycles. The van der Waals surface area contributed by atoms with Crippen LogP contribution in [-0.4, -0.2) is 17.1 Å². The quantitative estimate of drug-likeness (QED) is 0.752. The Labute approximate surface area is 121 Å². The van der Waals surface area contributed by atoms with Crippen molar-refractivity contribution in [1.29, 1.82) is 0 Å². The van der Waals surface area contributed by atoms with Gasteiger partial charge >= 0.3 is 5.97 Å². The molecule has 1 aromatic rings. The summed E-state index contributed by atoms with van der Waals surface area (Å²) in [4.78, 5) is 11.1. The Balaban J connectivity index is 2.69. The van der Waals surface area contributed by atoms with Crippen molar-refractivity contribution in [2.45, 2.75) is 38.8 Å². The van der Waals surface area contributed by atoms with Crippen molar-refractivity contribution in [2.75, 3.05) is 0 Å². The normalized spacial score (nSPS) is 12.4. The minimum absolute atomic E-state index is 0.119. The zero-order valence-electron chi connectivity index (χ0n) is 10.5. The van der Waals surface area contributed by atoms with E-state index in [0.717, 1.165) is 12.8 Å². The van der Waals surface area contributed by atoms with Crippen LogP contribution in [0.1, 0.15) is 31.7 Å². The summed E-state index contributed by atoms with van der Waals surface area (Å²) in [5, 5.41) is 11.9. The van der Waals surface area contributed by atoms with Crippen LogP contribution in [0.3, 0.4) is 0 Å². The van der Waals surface area contributed by atoms with Crippen LogP contribution < -0.4 is 5.32 Å². The van der Waals surface area contributed by atoms with Crippen LogP contribution in [-0.2, 0) is 11.3 Å². The highest BCUT2D eigenvalue weighted by Crippen LogP contribution is 2.28. The second kappa shape index (κ2) is 7.68. The van der Waals surface area contributed by atoms with Gasteiger partial charge in [0.2, 0.25) is 0 Å². The molecule has 0 saturated heterocycles. The minimum Gasteiger partial charge on any atom is -0.480 e. The van der Waals surface area contributed by atoms with Crippen LogP contribution in [0.5, 0.6) is 0 Å². The number of unbranched alkanes of at least 4 members (excludes halogenated alkanes) is 1. The molecule has 0 spiro atoms. The summed E-state index contributed by atoms with van der Waals surface area (Å²) < 4.78 is 13.1. The number of carboxylic acids is 1. The molecule has 1 atom stereocenters. The average molecular weight is 308 g/mol. The zero-order chi connectivity index (χ0) is 14.4. The Bertz CT molecular complexity index is 455. The lowest BCUT2D eigenvalue weighted by molar-refractivity contribution is -0.139. The smallest absolute Gasteiger partial charge is 0.320 e. The summed E-state index contributed by atoms with van der Waals surface area (Å²) in [5.41, 5.74) is 0.579. The molecule has 0 unspecified atom stereocenters. The molecule has 19 heavy (non-hydrogen) atoms. The first-order valence-electron chi connectivity index (χ1n) is 6.06. The Morgan fingerprint density at radius 3 is 2.68 bits per heavy atom. The van der Waals surface area contributed by atoms with E-state index < -0.39 is 17.8 Å². The van der Waals surface area contributed by atoms with E-state index in [-0.39, 0.29) is 16.6 Å². The molecule has 0 amide bonds. The number of benzene rings is 1. The summed E-state index contributed by atoms with van der Waals surface area (Å²) in [7, 11) is 0. The third-order valence-electron chi connectivity index (χ3n) is 2.80. The van der Waals surface area contributed by atoms with Gasteiger partial charge in [0.05, 0.1) is 10.0 Å². The van der Waals surface area contributed by atoms with E-state index in [9.17, 15) is 9.18 Å². The minimum atomic E-state index is -0.905. The van der Waals surface area contributed by atoms with Gasteiger partial charge in [-0.25, -0.2) is 4.39 Å². The van der Waals surface area contributed by atoms with Gasteiger partial charge in [-0.05, 0) is 18.1 Å². The highest BCUT2D eigenvalue weighted by atomic mass is 35.5. The van der Waals surface area contributed by atoms with Crippen molar-refractivity contribution in [3.8, 4) is 0 Å². The molecule has 0 heterocycles. The zero-order valence-corrected chi connectivity index (χ0v) is 12.1. The Kier molecular flexibility index (Phi) is 6.55. The summed E-state index contributed by atoms with van der Waals surface area (Å²) in [6, 6.07) is 2.07.